The fraction of sp³-hybridized carbons (Fsp3) is 0.483. The number of pyridine rings is 2. The molecule has 0 unspecified atom stereocenters. The minimum atomic E-state index is -0.542. The second kappa shape index (κ2) is 22.2. The Hall–Kier alpha value is -1.41. The monoisotopic (exact) mass is 593 g/mol. The minimum absolute atomic E-state index is 0. The third-order valence-corrected chi connectivity index (χ3v) is 7.03. The molecule has 0 saturated carbocycles. The van der Waals surface area contributed by atoms with Crippen LogP contribution in [0.1, 0.15) is 72.4 Å². The molecule has 7 nitrogen and oxygen atoms in total. The number of hydrogen-bond donors (Lipinski definition) is 1. The Bertz CT molecular complexity index is 1200. The summed E-state index contributed by atoms with van der Waals surface area (Å²) >= 11 is 3.27. The van der Waals surface area contributed by atoms with Crippen LogP contribution in [-0.2, 0) is 14.0 Å². The maximum atomic E-state index is 8.46. The number of nitrogens with zero attached hydrogens (tertiary/aromatic N) is 2. The normalized spacial score (nSPS) is 10.3. The number of aryl methyl sites for hydroxylation is 2. The molecule has 0 spiro atoms. The van der Waals surface area contributed by atoms with Crippen molar-refractivity contribution in [1.82, 2.24) is 9.97 Å². The van der Waals surface area contributed by atoms with Crippen LogP contribution in [0.2, 0.25) is 0 Å². The molecule has 0 atom stereocenters. The Balaban J connectivity index is 0.000000546. The number of fused-ring (bicyclic) bond motifs is 2. The van der Waals surface area contributed by atoms with Crippen LogP contribution in [0, 0.1) is 20.8 Å². The molecule has 0 amide bonds. The van der Waals surface area contributed by atoms with Gasteiger partial charge in [-0.2, -0.15) is 6.42 Å². The van der Waals surface area contributed by atoms with Crippen LogP contribution in [-0.4, -0.2) is 48.3 Å². The van der Waals surface area contributed by atoms with E-state index in [4.69, 9.17) is 23.6 Å². The molecule has 0 aliphatic heterocycles. The molecule has 4 heterocycles. The largest absolute Gasteiger partial charge is 1.00 e. The summed E-state index contributed by atoms with van der Waals surface area (Å²) in [4.78, 5) is 8.16. The van der Waals surface area contributed by atoms with E-state index in [2.05, 4.69) is 42.2 Å². The summed E-state index contributed by atoms with van der Waals surface area (Å²) in [7, 11) is 0.146. The van der Waals surface area contributed by atoms with Crippen LogP contribution >= 0.6 is 22.7 Å². The molecule has 219 valence electrons. The zero-order valence-corrected chi connectivity index (χ0v) is 28.0. The van der Waals surface area contributed by atoms with Gasteiger partial charge in [-0.15, -0.1) is 22.7 Å². The average molecular weight is 593 g/mol. The SMILES string of the molecule is CC(C)OB(OC(C)C)OC(C)C.Cc1cncc2cc(O[B]O)sc12.Cc1cncc2ccsc12.[CH2-]CCC.[Li+]. The van der Waals surface area contributed by atoms with Gasteiger partial charge in [0.1, 0.15) is 0 Å². The summed E-state index contributed by atoms with van der Waals surface area (Å²) < 4.78 is 23.7. The summed E-state index contributed by atoms with van der Waals surface area (Å²) in [5.41, 5.74) is 2.39. The summed E-state index contributed by atoms with van der Waals surface area (Å²) in [6.07, 6.45) is 10.0. The van der Waals surface area contributed by atoms with Crippen molar-refractivity contribution in [1.29, 1.82) is 0 Å². The minimum Gasteiger partial charge on any atom is -0.530 e. The second-order valence-corrected chi connectivity index (χ2v) is 11.6. The van der Waals surface area contributed by atoms with E-state index in [0.717, 1.165) is 22.1 Å². The smallest absolute Gasteiger partial charge is 0.530 e. The fourth-order valence-electron chi connectivity index (χ4n) is 2.98. The molecule has 41 heavy (non-hydrogen) atoms. The van der Waals surface area contributed by atoms with E-state index in [1.165, 1.54) is 33.4 Å². The van der Waals surface area contributed by atoms with Crippen LogP contribution in [0.15, 0.2) is 42.3 Å². The van der Waals surface area contributed by atoms with Gasteiger partial charge in [-0.3, -0.25) is 9.97 Å². The Labute approximate surface area is 268 Å². The number of thiophene rings is 2. The van der Waals surface area contributed by atoms with Crippen LogP contribution in [0.3, 0.4) is 0 Å². The van der Waals surface area contributed by atoms with E-state index in [9.17, 15) is 0 Å². The van der Waals surface area contributed by atoms with E-state index in [1.807, 2.05) is 73.1 Å². The van der Waals surface area contributed by atoms with Gasteiger partial charge in [-0.1, -0.05) is 13.3 Å². The van der Waals surface area contributed by atoms with Gasteiger partial charge in [0.2, 0.25) is 0 Å². The summed E-state index contributed by atoms with van der Waals surface area (Å²) in [6, 6.07) is 3.95. The number of rotatable bonds is 9. The number of aromatic nitrogens is 2. The predicted octanol–water partition coefficient (Wildman–Crippen LogP) is 4.99. The van der Waals surface area contributed by atoms with Crippen LogP contribution in [0.4, 0.5) is 0 Å². The van der Waals surface area contributed by atoms with E-state index < -0.39 is 7.32 Å². The van der Waals surface area contributed by atoms with Crippen LogP contribution < -0.4 is 23.5 Å². The average Bonchev–Trinajstić information content (AvgIpc) is 3.52. The first kappa shape index (κ1) is 39.6. The molecule has 0 saturated heterocycles. The van der Waals surface area contributed by atoms with Crippen molar-refractivity contribution < 1.29 is 42.5 Å². The first-order chi connectivity index (χ1) is 19.0. The third-order valence-electron chi connectivity index (χ3n) is 4.79. The van der Waals surface area contributed by atoms with Gasteiger partial charge >= 0.3 is 33.9 Å². The Morgan fingerprint density at radius 1 is 0.878 bits per heavy atom. The molecule has 0 aliphatic rings. The van der Waals surface area contributed by atoms with E-state index >= 15 is 0 Å². The van der Waals surface area contributed by atoms with Crippen molar-refractivity contribution >= 4 is 57.9 Å². The topological polar surface area (TPSA) is 82.9 Å². The fourth-order valence-corrected chi connectivity index (χ4v) is 4.74. The Morgan fingerprint density at radius 2 is 1.37 bits per heavy atom. The van der Waals surface area contributed by atoms with Crippen molar-refractivity contribution in [3.05, 3.63) is 60.4 Å². The maximum absolute atomic E-state index is 8.46. The summed E-state index contributed by atoms with van der Waals surface area (Å²) in [5, 5.41) is 13.5. The van der Waals surface area contributed by atoms with Gasteiger partial charge in [0.15, 0.2) is 5.06 Å². The molecule has 0 fully saturated rings. The summed E-state index contributed by atoms with van der Waals surface area (Å²) in [5.74, 6) is 0. The first-order valence-corrected chi connectivity index (χ1v) is 15.2. The van der Waals surface area contributed by atoms with Crippen molar-refractivity contribution in [2.24, 2.45) is 0 Å². The molecule has 1 N–H and O–H groups in total. The van der Waals surface area contributed by atoms with Crippen molar-refractivity contribution in [2.45, 2.75) is 93.5 Å². The van der Waals surface area contributed by atoms with Crippen LogP contribution in [0.5, 0.6) is 5.06 Å². The maximum Gasteiger partial charge on any atom is 1.00 e. The van der Waals surface area contributed by atoms with E-state index in [-0.39, 0.29) is 37.2 Å². The van der Waals surface area contributed by atoms with Gasteiger partial charge in [-0.05, 0) is 84.0 Å². The molecule has 0 aliphatic carbocycles. The third kappa shape index (κ3) is 16.1. The van der Waals surface area contributed by atoms with Gasteiger partial charge in [0.25, 0.3) is 0 Å². The molecule has 4 aromatic rings. The molecule has 12 heteroatoms. The Morgan fingerprint density at radius 3 is 1.78 bits per heavy atom. The Kier molecular flexibility index (Phi) is 21.4. The predicted molar refractivity (Wildman–Crippen MR) is 172 cm³/mol. The zero-order valence-electron chi connectivity index (χ0n) is 26.3. The molecule has 1 radical (unpaired) electrons. The van der Waals surface area contributed by atoms with Gasteiger partial charge in [0, 0.05) is 63.3 Å². The quantitative estimate of drug-likeness (QED) is 0.217. The van der Waals surface area contributed by atoms with Crippen LogP contribution in [0.25, 0.3) is 20.2 Å². The standard InChI is InChI=1S/C9H21BO3.C8H7BNO2S.C8H7NS.C4H9.Li/c1-7(2)11-10(12-8(3)4)13-9(5)6;1-5-3-10-4-6-2-7(12-9-11)13-8(5)6;1-6-4-9-5-7-2-3-10-8(6)7;1-3-4-2;/h7-9H,1-6H3;2-4,11H,1H3;2-5H,1H3;1,3-4H2,2H3;/q;;;-1;+1. The molecule has 0 aromatic carbocycles. The van der Waals surface area contributed by atoms with Gasteiger partial charge in [0.05, 0.1) is 0 Å². The molecule has 0 bridgehead atoms. The van der Waals surface area contributed by atoms with Crippen molar-refractivity contribution in [3.8, 4) is 5.06 Å². The molecular formula is C29H44B2LiN2O5S2. The molecule has 4 aromatic heterocycles. The zero-order chi connectivity index (χ0) is 30.1. The molecule has 4 rings (SSSR count). The summed E-state index contributed by atoms with van der Waals surface area (Å²) in [6.45, 7) is 21.6. The van der Waals surface area contributed by atoms with Gasteiger partial charge < -0.3 is 30.6 Å². The van der Waals surface area contributed by atoms with Crippen molar-refractivity contribution in [3.63, 3.8) is 0 Å². The van der Waals surface area contributed by atoms with Crippen molar-refractivity contribution in [2.75, 3.05) is 0 Å². The molecular weight excluding hydrogens is 549 g/mol. The second-order valence-electron chi connectivity index (χ2n) is 9.66. The van der Waals surface area contributed by atoms with E-state index in [0.29, 0.717) is 12.7 Å². The number of unbranched alkanes of at least 4 members (excludes halogenated alkanes) is 1. The first-order valence-electron chi connectivity index (χ1n) is 13.5. The van der Waals surface area contributed by atoms with E-state index in [1.54, 1.807) is 17.5 Å². The number of hydrogen-bond acceptors (Lipinski definition) is 9. The van der Waals surface area contributed by atoms with Gasteiger partial charge in [-0.25, -0.2) is 0 Å².